The zero-order valence-electron chi connectivity index (χ0n) is 21.3. The number of aromatic hydroxyl groups is 1. The van der Waals surface area contributed by atoms with E-state index in [-0.39, 0.29) is 54.3 Å². The minimum absolute atomic E-state index is 0.0102. The van der Waals surface area contributed by atoms with Crippen LogP contribution in [0.2, 0.25) is 0 Å². The third-order valence-electron chi connectivity index (χ3n) is 7.70. The highest BCUT2D eigenvalue weighted by Gasteiger charge is 2.42. The first-order valence-electron chi connectivity index (χ1n) is 13.0. The quantitative estimate of drug-likeness (QED) is 0.469. The Kier molecular flexibility index (Phi) is 6.47. The molecule has 0 spiro atoms. The van der Waals surface area contributed by atoms with Gasteiger partial charge in [0.2, 0.25) is 5.76 Å². The largest absolute Gasteiger partial charge is 0.508 e. The maximum Gasteiger partial charge on any atom is 0.452 e. The summed E-state index contributed by atoms with van der Waals surface area (Å²) in [5, 5.41) is 16.2. The number of benzene rings is 1. The van der Waals surface area contributed by atoms with Gasteiger partial charge in [-0.1, -0.05) is 5.16 Å². The molecule has 3 aliphatic heterocycles. The topological polar surface area (TPSA) is 128 Å². The van der Waals surface area contributed by atoms with Gasteiger partial charge in [-0.2, -0.15) is 13.2 Å². The van der Waals surface area contributed by atoms with Crippen molar-refractivity contribution in [2.45, 2.75) is 44.4 Å². The number of carbonyl (C=O) groups is 2. The number of nitrogens with zero attached hydrogens (tertiary/aromatic N) is 6. The van der Waals surface area contributed by atoms with Crippen LogP contribution < -0.4 is 10.2 Å². The van der Waals surface area contributed by atoms with E-state index in [1.807, 2.05) is 9.80 Å². The molecule has 40 heavy (non-hydrogen) atoms. The molecule has 0 bridgehead atoms. The number of alkyl halides is 3. The summed E-state index contributed by atoms with van der Waals surface area (Å²) in [5.41, 5.74) is 1.76. The normalized spacial score (nSPS) is 18.2. The van der Waals surface area contributed by atoms with Gasteiger partial charge < -0.3 is 29.6 Å². The number of halogens is 3. The van der Waals surface area contributed by atoms with Crippen LogP contribution in [0.3, 0.4) is 0 Å². The molecule has 0 saturated carbocycles. The number of hydrogen-bond acceptors (Lipinski definition) is 8. The number of phenolic OH excluding ortho intramolecular Hbond substituents is 1. The lowest BCUT2D eigenvalue weighted by Gasteiger charge is -2.38. The monoisotopic (exact) mass is 557 g/mol. The number of aromatic nitrogens is 3. The Morgan fingerprint density at radius 1 is 1.07 bits per heavy atom. The van der Waals surface area contributed by atoms with Crippen molar-refractivity contribution in [3.63, 3.8) is 0 Å². The fourth-order valence-electron chi connectivity index (χ4n) is 5.60. The molecule has 1 fully saturated rings. The van der Waals surface area contributed by atoms with Crippen molar-refractivity contribution in [2.24, 2.45) is 0 Å². The van der Waals surface area contributed by atoms with E-state index in [4.69, 9.17) is 0 Å². The van der Waals surface area contributed by atoms with Crippen LogP contribution in [0.25, 0.3) is 0 Å². The predicted molar refractivity (Wildman–Crippen MR) is 135 cm³/mol. The van der Waals surface area contributed by atoms with Gasteiger partial charge in [-0.05, 0) is 43.0 Å². The molecular formula is C26H26F3N7O4. The Morgan fingerprint density at radius 3 is 2.65 bits per heavy atom. The molecule has 0 unspecified atom stereocenters. The van der Waals surface area contributed by atoms with Crippen LogP contribution in [0.15, 0.2) is 35.1 Å². The molecule has 3 aromatic rings. The number of rotatable bonds is 3. The zero-order valence-corrected chi connectivity index (χ0v) is 21.3. The van der Waals surface area contributed by atoms with E-state index >= 15 is 0 Å². The molecule has 0 radical (unpaired) electrons. The third kappa shape index (κ3) is 4.89. The van der Waals surface area contributed by atoms with Crippen molar-refractivity contribution >= 4 is 23.4 Å². The lowest BCUT2D eigenvalue weighted by atomic mass is 10.0. The third-order valence-corrected chi connectivity index (χ3v) is 7.70. The number of anilines is 2. The molecule has 3 amide bonds. The number of fused-ring (bicyclic) bond motifs is 2. The van der Waals surface area contributed by atoms with Crippen molar-refractivity contribution in [2.75, 3.05) is 36.4 Å². The van der Waals surface area contributed by atoms with Gasteiger partial charge in [0.25, 0.3) is 5.91 Å². The summed E-state index contributed by atoms with van der Waals surface area (Å²) in [4.78, 5) is 39.7. The number of amides is 3. The van der Waals surface area contributed by atoms with Crippen LogP contribution in [0.4, 0.5) is 29.5 Å². The number of hydrogen-bond donors (Lipinski definition) is 2. The molecule has 1 saturated heterocycles. The molecule has 0 aliphatic carbocycles. The number of nitrogens with one attached hydrogen (secondary N) is 1. The summed E-state index contributed by atoms with van der Waals surface area (Å²) in [6.45, 7) is 1.64. The maximum atomic E-state index is 13.3. The highest BCUT2D eigenvalue weighted by Crippen LogP contribution is 2.36. The predicted octanol–water partition coefficient (Wildman–Crippen LogP) is 3.45. The molecule has 0 atom stereocenters. The van der Waals surface area contributed by atoms with Gasteiger partial charge in [0.05, 0.1) is 12.2 Å². The van der Waals surface area contributed by atoms with Crippen LogP contribution in [-0.2, 0) is 25.6 Å². The lowest BCUT2D eigenvalue weighted by Crippen LogP contribution is -2.49. The first-order valence-corrected chi connectivity index (χ1v) is 13.0. The lowest BCUT2D eigenvalue weighted by molar-refractivity contribution is -0.156. The summed E-state index contributed by atoms with van der Waals surface area (Å²) in [6, 6.07) is 6.30. The van der Waals surface area contributed by atoms with Crippen LogP contribution >= 0.6 is 0 Å². The number of carbonyl (C=O) groups excluding carboxylic acids is 2. The zero-order chi connectivity index (χ0) is 28.0. The number of piperidine rings is 1. The SMILES string of the molecule is O=C(c1cc(N2CCC(N3CCc4cc(O)ccc4NC3=O)CC2)ncn1)N1CCc2noc(C(F)(F)F)c2C1. The first kappa shape index (κ1) is 25.9. The first-order chi connectivity index (χ1) is 19.2. The van der Waals surface area contributed by atoms with Gasteiger partial charge in [0, 0.05) is 56.0 Å². The van der Waals surface area contributed by atoms with E-state index in [0.29, 0.717) is 50.4 Å². The fourth-order valence-corrected chi connectivity index (χ4v) is 5.60. The smallest absolute Gasteiger partial charge is 0.452 e. The Labute approximate surface area is 226 Å². The van der Waals surface area contributed by atoms with Crippen molar-refractivity contribution < 1.29 is 32.4 Å². The Hall–Kier alpha value is -4.36. The summed E-state index contributed by atoms with van der Waals surface area (Å²) in [6.07, 6.45) is -1.27. The van der Waals surface area contributed by atoms with Gasteiger partial charge in [-0.15, -0.1) is 0 Å². The van der Waals surface area contributed by atoms with E-state index in [2.05, 4.69) is 25.0 Å². The molecule has 5 heterocycles. The second-order valence-electron chi connectivity index (χ2n) is 10.1. The van der Waals surface area contributed by atoms with Gasteiger partial charge in [0.1, 0.15) is 23.6 Å². The van der Waals surface area contributed by atoms with Crippen LogP contribution in [-0.4, -0.2) is 74.2 Å². The Bertz CT molecular complexity index is 1450. The molecule has 1 aromatic carbocycles. The van der Waals surface area contributed by atoms with E-state index in [1.165, 1.54) is 11.2 Å². The summed E-state index contributed by atoms with van der Waals surface area (Å²) in [5.74, 6) is -0.970. The average Bonchev–Trinajstić information content (AvgIpc) is 3.31. The second kappa shape index (κ2) is 9.99. The van der Waals surface area contributed by atoms with Gasteiger partial charge >= 0.3 is 12.2 Å². The van der Waals surface area contributed by atoms with E-state index in [0.717, 1.165) is 5.56 Å². The van der Waals surface area contributed by atoms with Crippen molar-refractivity contribution in [1.29, 1.82) is 0 Å². The average molecular weight is 558 g/mol. The summed E-state index contributed by atoms with van der Waals surface area (Å²) >= 11 is 0. The minimum atomic E-state index is -4.69. The molecular weight excluding hydrogens is 531 g/mol. The van der Waals surface area contributed by atoms with E-state index in [9.17, 15) is 27.9 Å². The highest BCUT2D eigenvalue weighted by molar-refractivity contribution is 5.93. The summed E-state index contributed by atoms with van der Waals surface area (Å²) in [7, 11) is 0. The molecule has 210 valence electrons. The minimum Gasteiger partial charge on any atom is -0.508 e. The maximum absolute atomic E-state index is 13.3. The van der Waals surface area contributed by atoms with Gasteiger partial charge in [0.15, 0.2) is 0 Å². The molecule has 2 aromatic heterocycles. The number of urea groups is 1. The molecule has 11 nitrogen and oxygen atoms in total. The van der Waals surface area contributed by atoms with Crippen LogP contribution in [0, 0.1) is 0 Å². The molecule has 2 N–H and O–H groups in total. The Balaban J connectivity index is 1.10. The van der Waals surface area contributed by atoms with Crippen LogP contribution in [0.1, 0.15) is 45.9 Å². The standard InChI is InChI=1S/C26H26F3N7O4/c27-26(28,29)23-18-13-35(9-6-20(18)33-40-23)24(38)21-12-22(31-14-30-21)34-7-4-16(5-8-34)36-10-3-15-11-17(37)1-2-19(15)32-25(36)39/h1-2,11-12,14,16,37H,3-10,13H2,(H,32,39). The Morgan fingerprint density at radius 2 is 1.88 bits per heavy atom. The van der Waals surface area contributed by atoms with Crippen molar-refractivity contribution in [1.82, 2.24) is 24.9 Å². The van der Waals surface area contributed by atoms with E-state index in [1.54, 1.807) is 24.3 Å². The van der Waals surface area contributed by atoms with Crippen molar-refractivity contribution in [3.8, 4) is 5.75 Å². The highest BCUT2D eigenvalue weighted by atomic mass is 19.4. The number of phenols is 1. The molecule has 6 rings (SSSR count). The van der Waals surface area contributed by atoms with Crippen LogP contribution in [0.5, 0.6) is 5.75 Å². The summed E-state index contributed by atoms with van der Waals surface area (Å²) < 4.78 is 44.4. The second-order valence-corrected chi connectivity index (χ2v) is 10.1. The molecule has 3 aliphatic rings. The fraction of sp³-hybridized carbons (Fsp3) is 0.423. The van der Waals surface area contributed by atoms with E-state index < -0.39 is 17.8 Å². The van der Waals surface area contributed by atoms with Gasteiger partial charge in [-0.3, -0.25) is 4.79 Å². The molecule has 14 heteroatoms. The van der Waals surface area contributed by atoms with Crippen molar-refractivity contribution in [3.05, 3.63) is 58.9 Å². The van der Waals surface area contributed by atoms with Gasteiger partial charge in [-0.25, -0.2) is 14.8 Å².